The quantitative estimate of drug-likeness (QED) is 0.866. The van der Waals surface area contributed by atoms with E-state index in [1.165, 1.54) is 24.9 Å². The molecule has 104 valence electrons. The lowest BCUT2D eigenvalue weighted by Crippen LogP contribution is -2.15. The van der Waals surface area contributed by atoms with Crippen molar-refractivity contribution in [3.05, 3.63) is 42.7 Å². The minimum atomic E-state index is 0.762. The number of hydrogen-bond donors (Lipinski definition) is 1. The van der Waals surface area contributed by atoms with Gasteiger partial charge in [0.1, 0.15) is 6.33 Å². The van der Waals surface area contributed by atoms with Crippen LogP contribution in [0.5, 0.6) is 0 Å². The molecule has 1 N–H and O–H groups in total. The Bertz CT molecular complexity index is 583. The monoisotopic (exact) mass is 268 g/mol. The maximum Gasteiger partial charge on any atom is 0.163 e. The molecular weight excluding hydrogens is 248 g/mol. The number of benzene rings is 1. The highest BCUT2D eigenvalue weighted by Gasteiger charge is 2.09. The molecule has 1 atom stereocenters. The maximum absolute atomic E-state index is 4.12. The van der Waals surface area contributed by atoms with E-state index in [2.05, 4.69) is 51.9 Å². The molecule has 1 aliphatic carbocycles. The van der Waals surface area contributed by atoms with Crippen LogP contribution in [0.15, 0.2) is 42.7 Å². The van der Waals surface area contributed by atoms with Crippen molar-refractivity contribution < 1.29 is 0 Å². The van der Waals surface area contributed by atoms with Gasteiger partial charge in [-0.15, -0.1) is 10.2 Å². The Morgan fingerprint density at radius 3 is 2.75 bits per heavy atom. The average Bonchev–Trinajstić information content (AvgIpc) is 2.93. The van der Waals surface area contributed by atoms with Crippen molar-refractivity contribution in [2.24, 2.45) is 13.0 Å². The largest absolute Gasteiger partial charge is 0.385 e. The van der Waals surface area contributed by atoms with Crippen LogP contribution in [0.3, 0.4) is 0 Å². The number of rotatable bonds is 4. The number of nitrogens with one attached hydrogen (secondary N) is 1. The van der Waals surface area contributed by atoms with E-state index in [1.54, 1.807) is 6.33 Å². The molecule has 0 amide bonds. The van der Waals surface area contributed by atoms with Crippen molar-refractivity contribution in [1.82, 2.24) is 14.8 Å². The molecule has 0 radical (unpaired) electrons. The Balaban J connectivity index is 1.61. The number of aryl methyl sites for hydroxylation is 1. The van der Waals surface area contributed by atoms with Crippen LogP contribution in [-0.4, -0.2) is 21.3 Å². The Hall–Kier alpha value is -2.10. The summed E-state index contributed by atoms with van der Waals surface area (Å²) < 4.78 is 1.93. The molecule has 4 nitrogen and oxygen atoms in total. The summed E-state index contributed by atoms with van der Waals surface area (Å²) in [6.07, 6.45) is 10.0. The lowest BCUT2D eigenvalue weighted by atomic mass is 9.94. The second-order valence-electron chi connectivity index (χ2n) is 5.37. The molecule has 0 saturated carbocycles. The zero-order valence-corrected chi connectivity index (χ0v) is 11.8. The molecule has 4 heteroatoms. The van der Waals surface area contributed by atoms with Crippen LogP contribution in [-0.2, 0) is 7.05 Å². The lowest BCUT2D eigenvalue weighted by molar-refractivity contribution is 0.504. The number of nitrogens with zero attached hydrogens (tertiary/aromatic N) is 3. The summed E-state index contributed by atoms with van der Waals surface area (Å²) in [5.74, 6) is 1.66. The zero-order valence-electron chi connectivity index (χ0n) is 11.8. The van der Waals surface area contributed by atoms with Gasteiger partial charge in [0.2, 0.25) is 0 Å². The van der Waals surface area contributed by atoms with E-state index in [4.69, 9.17) is 0 Å². The summed E-state index contributed by atoms with van der Waals surface area (Å²) in [6.45, 7) is 1.05. The second-order valence-corrected chi connectivity index (χ2v) is 5.37. The van der Waals surface area contributed by atoms with Crippen LogP contribution in [0.4, 0.5) is 5.69 Å². The van der Waals surface area contributed by atoms with Crippen LogP contribution in [0, 0.1) is 5.92 Å². The smallest absolute Gasteiger partial charge is 0.163 e. The second kappa shape index (κ2) is 5.90. The predicted molar refractivity (Wildman–Crippen MR) is 81.4 cm³/mol. The van der Waals surface area contributed by atoms with Crippen LogP contribution in [0.25, 0.3) is 11.4 Å². The highest BCUT2D eigenvalue weighted by molar-refractivity contribution is 5.59. The van der Waals surface area contributed by atoms with Gasteiger partial charge in [-0.1, -0.05) is 12.2 Å². The van der Waals surface area contributed by atoms with Gasteiger partial charge < -0.3 is 9.88 Å². The SMILES string of the molecule is Cn1cnnc1-c1ccc(NCC2CC=CCC2)cc1. The Morgan fingerprint density at radius 1 is 1.25 bits per heavy atom. The third kappa shape index (κ3) is 2.90. The molecule has 2 aromatic rings. The van der Waals surface area contributed by atoms with E-state index in [-0.39, 0.29) is 0 Å². The van der Waals surface area contributed by atoms with Gasteiger partial charge in [0, 0.05) is 24.8 Å². The molecule has 1 aliphatic rings. The van der Waals surface area contributed by atoms with Gasteiger partial charge in [-0.2, -0.15) is 0 Å². The molecule has 1 heterocycles. The van der Waals surface area contributed by atoms with Gasteiger partial charge in [0.25, 0.3) is 0 Å². The van der Waals surface area contributed by atoms with Gasteiger partial charge in [0.05, 0.1) is 0 Å². The van der Waals surface area contributed by atoms with E-state index in [9.17, 15) is 0 Å². The Labute approximate surface area is 119 Å². The lowest BCUT2D eigenvalue weighted by Gasteiger charge is -2.18. The molecule has 0 saturated heterocycles. The van der Waals surface area contributed by atoms with Crippen LogP contribution in [0.1, 0.15) is 19.3 Å². The van der Waals surface area contributed by atoms with Crippen molar-refractivity contribution in [1.29, 1.82) is 0 Å². The molecule has 1 aromatic heterocycles. The molecule has 1 unspecified atom stereocenters. The minimum absolute atomic E-state index is 0.762. The van der Waals surface area contributed by atoms with E-state index in [0.717, 1.165) is 23.9 Å². The fraction of sp³-hybridized carbons (Fsp3) is 0.375. The fourth-order valence-corrected chi connectivity index (χ4v) is 2.59. The predicted octanol–water partition coefficient (Wildman–Crippen LogP) is 3.25. The standard InChI is InChI=1S/C16H20N4/c1-20-12-18-19-16(20)14-7-9-15(10-8-14)17-11-13-5-3-2-4-6-13/h2-3,7-10,12-13,17H,4-6,11H2,1H3. The van der Waals surface area contributed by atoms with Gasteiger partial charge in [-0.25, -0.2) is 0 Å². The maximum atomic E-state index is 4.12. The number of aromatic nitrogens is 3. The zero-order chi connectivity index (χ0) is 13.8. The first kappa shape index (κ1) is 12.9. The highest BCUT2D eigenvalue weighted by atomic mass is 15.2. The third-order valence-corrected chi connectivity index (χ3v) is 3.83. The van der Waals surface area contributed by atoms with Gasteiger partial charge in [0.15, 0.2) is 5.82 Å². The molecule has 3 rings (SSSR count). The van der Waals surface area contributed by atoms with Gasteiger partial charge >= 0.3 is 0 Å². The van der Waals surface area contributed by atoms with Crippen molar-refractivity contribution in [3.8, 4) is 11.4 Å². The van der Waals surface area contributed by atoms with E-state index in [0.29, 0.717) is 0 Å². The normalized spacial score (nSPS) is 18.1. The molecule has 0 bridgehead atoms. The van der Waals surface area contributed by atoms with Crippen LogP contribution >= 0.6 is 0 Å². The molecule has 20 heavy (non-hydrogen) atoms. The van der Waals surface area contributed by atoms with Crippen molar-refractivity contribution in [2.75, 3.05) is 11.9 Å². The van der Waals surface area contributed by atoms with Gasteiger partial charge in [-0.3, -0.25) is 0 Å². The summed E-state index contributed by atoms with van der Waals surface area (Å²) in [7, 11) is 1.96. The topological polar surface area (TPSA) is 42.7 Å². The Morgan fingerprint density at radius 2 is 2.10 bits per heavy atom. The molecular formula is C16H20N4. The average molecular weight is 268 g/mol. The van der Waals surface area contributed by atoms with Crippen LogP contribution in [0.2, 0.25) is 0 Å². The minimum Gasteiger partial charge on any atom is -0.385 e. The first-order valence-electron chi connectivity index (χ1n) is 7.16. The molecule has 0 aliphatic heterocycles. The number of anilines is 1. The highest BCUT2D eigenvalue weighted by Crippen LogP contribution is 2.21. The third-order valence-electron chi connectivity index (χ3n) is 3.83. The van der Waals surface area contributed by atoms with E-state index >= 15 is 0 Å². The Kier molecular flexibility index (Phi) is 3.81. The van der Waals surface area contributed by atoms with Gasteiger partial charge in [-0.05, 0) is 49.4 Å². The number of hydrogen-bond acceptors (Lipinski definition) is 3. The van der Waals surface area contributed by atoms with Crippen LogP contribution < -0.4 is 5.32 Å². The summed E-state index contributed by atoms with van der Waals surface area (Å²) in [5.41, 5.74) is 2.27. The van der Waals surface area contributed by atoms with E-state index in [1.807, 2.05) is 11.6 Å². The summed E-state index contributed by atoms with van der Waals surface area (Å²) in [5, 5.41) is 11.6. The molecule has 0 spiro atoms. The van der Waals surface area contributed by atoms with Crippen molar-refractivity contribution in [2.45, 2.75) is 19.3 Å². The first-order chi connectivity index (χ1) is 9.83. The molecule has 1 aromatic carbocycles. The van der Waals surface area contributed by atoms with Crippen molar-refractivity contribution in [3.63, 3.8) is 0 Å². The first-order valence-corrected chi connectivity index (χ1v) is 7.16. The summed E-state index contributed by atoms with van der Waals surface area (Å²) >= 11 is 0. The fourth-order valence-electron chi connectivity index (χ4n) is 2.59. The van der Waals surface area contributed by atoms with Crippen molar-refractivity contribution >= 4 is 5.69 Å². The molecule has 0 fully saturated rings. The summed E-state index contributed by atoms with van der Waals surface area (Å²) in [6, 6.07) is 8.41. The summed E-state index contributed by atoms with van der Waals surface area (Å²) in [4.78, 5) is 0. The number of allylic oxidation sites excluding steroid dienone is 2. The van der Waals surface area contributed by atoms with E-state index < -0.39 is 0 Å².